The predicted octanol–water partition coefficient (Wildman–Crippen LogP) is 3.24. The number of rotatable bonds is 3. The van der Waals surface area contributed by atoms with Gasteiger partial charge in [-0.1, -0.05) is 18.5 Å². The van der Waals surface area contributed by atoms with E-state index in [1.165, 1.54) is 7.11 Å². The summed E-state index contributed by atoms with van der Waals surface area (Å²) in [6.45, 7) is 2.03. The first-order chi connectivity index (χ1) is 6.69. The Morgan fingerprint density at radius 3 is 2.86 bits per heavy atom. The Kier molecular flexibility index (Phi) is 4.29. The van der Waals surface area contributed by atoms with Crippen LogP contribution in [0.1, 0.15) is 17.3 Å². The summed E-state index contributed by atoms with van der Waals surface area (Å²) in [4.78, 5) is 12.3. The number of esters is 1. The second kappa shape index (κ2) is 5.27. The van der Waals surface area contributed by atoms with Crippen molar-refractivity contribution >= 4 is 29.3 Å². The van der Waals surface area contributed by atoms with Crippen molar-refractivity contribution in [3.8, 4) is 0 Å². The van der Waals surface area contributed by atoms with Crippen molar-refractivity contribution in [2.75, 3.05) is 12.9 Å². The average molecular weight is 231 g/mol. The first-order valence-electron chi connectivity index (χ1n) is 4.19. The Morgan fingerprint density at radius 2 is 2.29 bits per heavy atom. The number of halogens is 1. The smallest absolute Gasteiger partial charge is 0.339 e. The molecule has 0 aromatic heterocycles. The van der Waals surface area contributed by atoms with Crippen molar-refractivity contribution in [2.45, 2.75) is 11.8 Å². The molecule has 1 aromatic rings. The molecule has 1 rings (SSSR count). The van der Waals surface area contributed by atoms with Gasteiger partial charge in [0.1, 0.15) is 0 Å². The molecule has 0 heterocycles. The van der Waals surface area contributed by atoms with Gasteiger partial charge in [-0.3, -0.25) is 0 Å². The standard InChI is InChI=1S/C10H11ClO2S/c1-3-14-9-5-4-7(11)6-8(9)10(12)13-2/h4-6H,3H2,1-2H3. The van der Waals surface area contributed by atoms with Crippen molar-refractivity contribution in [3.05, 3.63) is 28.8 Å². The van der Waals surface area contributed by atoms with Crippen LogP contribution in [0.4, 0.5) is 0 Å². The highest BCUT2D eigenvalue weighted by Gasteiger charge is 2.11. The Morgan fingerprint density at radius 1 is 1.57 bits per heavy atom. The fourth-order valence-corrected chi connectivity index (χ4v) is 2.00. The SMILES string of the molecule is CCSc1ccc(Cl)cc1C(=O)OC. The molecule has 14 heavy (non-hydrogen) atoms. The lowest BCUT2D eigenvalue weighted by atomic mass is 10.2. The van der Waals surface area contributed by atoms with E-state index in [9.17, 15) is 4.79 Å². The van der Waals surface area contributed by atoms with Crippen LogP contribution in [0.15, 0.2) is 23.1 Å². The summed E-state index contributed by atoms with van der Waals surface area (Å²) < 4.78 is 4.67. The number of ether oxygens (including phenoxy) is 1. The van der Waals surface area contributed by atoms with E-state index in [4.69, 9.17) is 11.6 Å². The maximum absolute atomic E-state index is 11.4. The summed E-state index contributed by atoms with van der Waals surface area (Å²) in [5, 5.41) is 0.547. The highest BCUT2D eigenvalue weighted by molar-refractivity contribution is 7.99. The number of hydrogen-bond acceptors (Lipinski definition) is 3. The maximum atomic E-state index is 11.4. The normalized spacial score (nSPS) is 9.93. The lowest BCUT2D eigenvalue weighted by molar-refractivity contribution is 0.0597. The van der Waals surface area contributed by atoms with Crippen molar-refractivity contribution in [2.24, 2.45) is 0 Å². The molecule has 0 N–H and O–H groups in total. The van der Waals surface area contributed by atoms with Gasteiger partial charge in [0.05, 0.1) is 12.7 Å². The largest absolute Gasteiger partial charge is 0.465 e. The fraction of sp³-hybridized carbons (Fsp3) is 0.300. The van der Waals surface area contributed by atoms with Crippen LogP contribution in [-0.4, -0.2) is 18.8 Å². The van der Waals surface area contributed by atoms with Crippen molar-refractivity contribution in [1.82, 2.24) is 0 Å². The molecule has 0 saturated carbocycles. The number of carbonyl (C=O) groups excluding carboxylic acids is 1. The lowest BCUT2D eigenvalue weighted by Crippen LogP contribution is -2.03. The topological polar surface area (TPSA) is 26.3 Å². The van der Waals surface area contributed by atoms with Crippen LogP contribution in [0.2, 0.25) is 5.02 Å². The number of benzene rings is 1. The van der Waals surface area contributed by atoms with Gasteiger partial charge in [0, 0.05) is 9.92 Å². The highest BCUT2D eigenvalue weighted by Crippen LogP contribution is 2.25. The van der Waals surface area contributed by atoms with Gasteiger partial charge in [0.2, 0.25) is 0 Å². The number of methoxy groups -OCH3 is 1. The van der Waals surface area contributed by atoms with Crippen LogP contribution in [0, 0.1) is 0 Å². The Bertz CT molecular complexity index is 339. The minimum atomic E-state index is -0.344. The van der Waals surface area contributed by atoms with Gasteiger partial charge < -0.3 is 4.74 Å². The van der Waals surface area contributed by atoms with Crippen LogP contribution in [-0.2, 0) is 4.74 Å². The molecule has 76 valence electrons. The lowest BCUT2D eigenvalue weighted by Gasteiger charge is -2.06. The minimum absolute atomic E-state index is 0.344. The molecule has 0 atom stereocenters. The van der Waals surface area contributed by atoms with E-state index >= 15 is 0 Å². The zero-order valence-corrected chi connectivity index (χ0v) is 9.61. The molecule has 0 bridgehead atoms. The van der Waals surface area contributed by atoms with Gasteiger partial charge in [0.25, 0.3) is 0 Å². The summed E-state index contributed by atoms with van der Waals surface area (Å²) in [7, 11) is 1.36. The summed E-state index contributed by atoms with van der Waals surface area (Å²) in [6, 6.07) is 5.24. The monoisotopic (exact) mass is 230 g/mol. The number of carbonyl (C=O) groups is 1. The van der Waals surface area contributed by atoms with Gasteiger partial charge in [0.15, 0.2) is 0 Å². The molecule has 0 spiro atoms. The van der Waals surface area contributed by atoms with Crippen molar-refractivity contribution in [3.63, 3.8) is 0 Å². The third kappa shape index (κ3) is 2.66. The summed E-state index contributed by atoms with van der Waals surface area (Å²) >= 11 is 7.40. The third-order valence-electron chi connectivity index (χ3n) is 1.65. The van der Waals surface area contributed by atoms with Gasteiger partial charge in [-0.2, -0.15) is 0 Å². The quantitative estimate of drug-likeness (QED) is 0.589. The van der Waals surface area contributed by atoms with E-state index in [0.717, 1.165) is 10.6 Å². The third-order valence-corrected chi connectivity index (χ3v) is 2.84. The minimum Gasteiger partial charge on any atom is -0.465 e. The highest BCUT2D eigenvalue weighted by atomic mass is 35.5. The molecule has 0 amide bonds. The molecular weight excluding hydrogens is 220 g/mol. The molecule has 0 aliphatic heterocycles. The molecule has 2 nitrogen and oxygen atoms in total. The Balaban J connectivity index is 3.08. The zero-order chi connectivity index (χ0) is 10.6. The van der Waals surface area contributed by atoms with E-state index in [-0.39, 0.29) is 5.97 Å². The molecule has 0 radical (unpaired) electrons. The molecule has 0 aliphatic rings. The van der Waals surface area contributed by atoms with Gasteiger partial charge >= 0.3 is 5.97 Å². The van der Waals surface area contributed by atoms with Crippen molar-refractivity contribution in [1.29, 1.82) is 0 Å². The van der Waals surface area contributed by atoms with Crippen molar-refractivity contribution < 1.29 is 9.53 Å². The van der Waals surface area contributed by atoms with E-state index in [0.29, 0.717) is 10.6 Å². The van der Waals surface area contributed by atoms with Crippen LogP contribution < -0.4 is 0 Å². The number of hydrogen-bond donors (Lipinski definition) is 0. The summed E-state index contributed by atoms with van der Waals surface area (Å²) in [6.07, 6.45) is 0. The predicted molar refractivity (Wildman–Crippen MR) is 59.2 cm³/mol. The summed E-state index contributed by atoms with van der Waals surface area (Å²) in [5.74, 6) is 0.564. The second-order valence-corrected chi connectivity index (χ2v) is 4.31. The Labute approximate surface area is 92.6 Å². The van der Waals surface area contributed by atoms with Crippen LogP contribution in [0.3, 0.4) is 0 Å². The van der Waals surface area contributed by atoms with E-state index in [2.05, 4.69) is 4.74 Å². The molecule has 1 aromatic carbocycles. The zero-order valence-electron chi connectivity index (χ0n) is 8.04. The summed E-state index contributed by atoms with van der Waals surface area (Å²) in [5.41, 5.74) is 0.534. The van der Waals surface area contributed by atoms with Crippen LogP contribution in [0.25, 0.3) is 0 Å². The van der Waals surface area contributed by atoms with Crippen LogP contribution in [0.5, 0.6) is 0 Å². The number of thioether (sulfide) groups is 1. The van der Waals surface area contributed by atoms with E-state index in [1.54, 1.807) is 23.9 Å². The molecule has 0 fully saturated rings. The van der Waals surface area contributed by atoms with Gasteiger partial charge in [-0.15, -0.1) is 11.8 Å². The maximum Gasteiger partial charge on any atom is 0.339 e. The van der Waals surface area contributed by atoms with Gasteiger partial charge in [-0.25, -0.2) is 4.79 Å². The molecule has 0 unspecified atom stereocenters. The molecule has 0 aliphatic carbocycles. The molecule has 4 heteroatoms. The van der Waals surface area contributed by atoms with Gasteiger partial charge in [-0.05, 0) is 24.0 Å². The Hall–Kier alpha value is -0.670. The fourth-order valence-electron chi connectivity index (χ4n) is 1.05. The van der Waals surface area contributed by atoms with Crippen LogP contribution >= 0.6 is 23.4 Å². The average Bonchev–Trinajstić information content (AvgIpc) is 2.20. The molecule has 0 saturated heterocycles. The van der Waals surface area contributed by atoms with E-state index in [1.807, 2.05) is 13.0 Å². The molecular formula is C10H11ClO2S. The van der Waals surface area contributed by atoms with E-state index < -0.39 is 0 Å². The first kappa shape index (κ1) is 11.4. The second-order valence-electron chi connectivity index (χ2n) is 2.57. The first-order valence-corrected chi connectivity index (χ1v) is 5.56.